The van der Waals surface area contributed by atoms with Crippen LogP contribution >= 0.6 is 0 Å². The number of amides is 1. The minimum atomic E-state index is -0.772. The number of Topliss-reactive ketones (excluding diaryl/α,β-unsaturated/α-hetero) is 1. The Balaban J connectivity index is 1.74. The lowest BCUT2D eigenvalue weighted by atomic mass is 9.94. The fraction of sp³-hybridized carbons (Fsp3) is 0.448. The number of likely N-dealkylation sites (tertiary alicyclic amines) is 1. The van der Waals surface area contributed by atoms with Crippen LogP contribution in [0.15, 0.2) is 42.0 Å². The predicted molar refractivity (Wildman–Crippen MR) is 143 cm³/mol. The van der Waals surface area contributed by atoms with Gasteiger partial charge in [0.05, 0.1) is 45.7 Å². The Morgan fingerprint density at radius 2 is 1.71 bits per heavy atom. The maximum absolute atomic E-state index is 13.4. The molecular weight excluding hydrogens is 488 g/mol. The summed E-state index contributed by atoms with van der Waals surface area (Å²) < 4.78 is 22.0. The largest absolute Gasteiger partial charge is 0.507 e. The normalized spacial score (nSPS) is 19.6. The molecule has 2 aliphatic heterocycles. The van der Waals surface area contributed by atoms with E-state index in [0.29, 0.717) is 61.2 Å². The number of aliphatic hydroxyl groups excluding tert-OH is 1. The summed E-state index contributed by atoms with van der Waals surface area (Å²) in [5.41, 5.74) is 1.95. The number of nitrogens with zero attached hydrogens (tertiary/aromatic N) is 2. The molecule has 0 saturated carbocycles. The average Bonchev–Trinajstić information content (AvgIpc) is 3.18. The van der Waals surface area contributed by atoms with Crippen molar-refractivity contribution in [3.05, 3.63) is 58.7 Å². The van der Waals surface area contributed by atoms with Crippen LogP contribution in [-0.2, 0) is 14.3 Å². The number of hydrogen-bond acceptors (Lipinski definition) is 8. The first-order valence-corrected chi connectivity index (χ1v) is 12.9. The van der Waals surface area contributed by atoms with Gasteiger partial charge >= 0.3 is 0 Å². The molecule has 9 heteroatoms. The number of carbonyl (C=O) groups excluding carboxylic acids is 2. The van der Waals surface area contributed by atoms with Crippen LogP contribution in [0, 0.1) is 6.92 Å². The molecule has 0 spiro atoms. The first-order valence-electron chi connectivity index (χ1n) is 12.9. The molecule has 1 amide bonds. The SMILES string of the molecule is CCOc1ccc([C@@H]2C(=C(O)c3ccc(OC)c(C)c3)C(=O)C(=O)N2CCCN2CCOCC2)cc1OC. The number of ether oxygens (including phenoxy) is 4. The van der Waals surface area contributed by atoms with E-state index in [1.165, 1.54) is 0 Å². The van der Waals surface area contributed by atoms with E-state index in [2.05, 4.69) is 4.90 Å². The van der Waals surface area contributed by atoms with Gasteiger partial charge < -0.3 is 29.0 Å². The first kappa shape index (κ1) is 27.5. The third-order valence-corrected chi connectivity index (χ3v) is 6.99. The Morgan fingerprint density at radius 3 is 2.37 bits per heavy atom. The quantitative estimate of drug-likeness (QED) is 0.286. The van der Waals surface area contributed by atoms with E-state index in [4.69, 9.17) is 18.9 Å². The van der Waals surface area contributed by atoms with Crippen molar-refractivity contribution in [1.29, 1.82) is 0 Å². The van der Waals surface area contributed by atoms with Gasteiger partial charge in [0.15, 0.2) is 11.5 Å². The Kier molecular flexibility index (Phi) is 8.91. The Hall–Kier alpha value is -3.56. The maximum Gasteiger partial charge on any atom is 0.295 e. The summed E-state index contributed by atoms with van der Waals surface area (Å²) >= 11 is 0. The van der Waals surface area contributed by atoms with Gasteiger partial charge in [0.25, 0.3) is 11.7 Å². The maximum atomic E-state index is 13.4. The lowest BCUT2D eigenvalue weighted by Crippen LogP contribution is -2.39. The van der Waals surface area contributed by atoms with Crippen LogP contribution in [0.25, 0.3) is 5.76 Å². The Morgan fingerprint density at radius 1 is 1.00 bits per heavy atom. The van der Waals surface area contributed by atoms with Crippen molar-refractivity contribution in [2.75, 3.05) is 60.2 Å². The summed E-state index contributed by atoms with van der Waals surface area (Å²) in [5, 5.41) is 11.4. The Bertz CT molecular complexity index is 1200. The molecule has 204 valence electrons. The van der Waals surface area contributed by atoms with Crippen molar-refractivity contribution in [2.45, 2.75) is 26.3 Å². The van der Waals surface area contributed by atoms with Gasteiger partial charge in [-0.05, 0) is 61.7 Å². The van der Waals surface area contributed by atoms with Gasteiger partial charge in [-0.15, -0.1) is 0 Å². The van der Waals surface area contributed by atoms with E-state index in [9.17, 15) is 14.7 Å². The molecular formula is C29H36N2O7. The minimum absolute atomic E-state index is 0.0529. The lowest BCUT2D eigenvalue weighted by molar-refractivity contribution is -0.140. The van der Waals surface area contributed by atoms with Crippen LogP contribution < -0.4 is 14.2 Å². The van der Waals surface area contributed by atoms with E-state index < -0.39 is 17.7 Å². The number of carbonyl (C=O) groups is 2. The van der Waals surface area contributed by atoms with Crippen molar-refractivity contribution in [1.82, 2.24) is 9.80 Å². The highest BCUT2D eigenvalue weighted by atomic mass is 16.5. The van der Waals surface area contributed by atoms with E-state index in [1.807, 2.05) is 19.9 Å². The highest BCUT2D eigenvalue weighted by molar-refractivity contribution is 6.46. The summed E-state index contributed by atoms with van der Waals surface area (Å²) in [7, 11) is 3.12. The number of morpholine rings is 1. The molecule has 2 aromatic rings. The molecule has 1 atom stereocenters. The van der Waals surface area contributed by atoms with Crippen molar-refractivity contribution in [3.8, 4) is 17.2 Å². The van der Waals surface area contributed by atoms with Gasteiger partial charge in [-0.2, -0.15) is 0 Å². The van der Waals surface area contributed by atoms with Gasteiger partial charge in [0, 0.05) is 31.7 Å². The zero-order valence-corrected chi connectivity index (χ0v) is 22.5. The molecule has 0 bridgehead atoms. The fourth-order valence-corrected chi connectivity index (χ4v) is 5.06. The molecule has 0 unspecified atom stereocenters. The predicted octanol–water partition coefficient (Wildman–Crippen LogP) is 3.55. The van der Waals surface area contributed by atoms with Crippen LogP contribution in [0.5, 0.6) is 17.2 Å². The smallest absolute Gasteiger partial charge is 0.295 e. The number of hydrogen-bond donors (Lipinski definition) is 1. The molecule has 0 aliphatic carbocycles. The number of benzene rings is 2. The molecule has 2 aliphatic rings. The van der Waals surface area contributed by atoms with Gasteiger partial charge in [0.2, 0.25) is 0 Å². The number of aliphatic hydroxyl groups is 1. The van der Waals surface area contributed by atoms with Crippen molar-refractivity contribution >= 4 is 17.4 Å². The minimum Gasteiger partial charge on any atom is -0.507 e. The summed E-state index contributed by atoms with van der Waals surface area (Å²) in [5.74, 6) is 0.162. The molecule has 1 N–H and O–H groups in total. The zero-order valence-electron chi connectivity index (χ0n) is 22.5. The number of rotatable bonds is 10. The molecule has 2 heterocycles. The van der Waals surface area contributed by atoms with Crippen molar-refractivity contribution in [2.24, 2.45) is 0 Å². The van der Waals surface area contributed by atoms with Crippen LogP contribution in [-0.4, -0.2) is 86.8 Å². The van der Waals surface area contributed by atoms with Crippen LogP contribution in [0.1, 0.15) is 36.1 Å². The Labute approximate surface area is 223 Å². The van der Waals surface area contributed by atoms with Crippen molar-refractivity contribution in [3.63, 3.8) is 0 Å². The van der Waals surface area contributed by atoms with Crippen LogP contribution in [0.2, 0.25) is 0 Å². The molecule has 2 fully saturated rings. The summed E-state index contributed by atoms with van der Waals surface area (Å²) in [6.45, 7) is 8.42. The fourth-order valence-electron chi connectivity index (χ4n) is 5.06. The van der Waals surface area contributed by atoms with Gasteiger partial charge in [-0.25, -0.2) is 0 Å². The monoisotopic (exact) mass is 524 g/mol. The third-order valence-electron chi connectivity index (χ3n) is 6.99. The number of ketones is 1. The number of aryl methyl sites for hydroxylation is 1. The molecule has 38 heavy (non-hydrogen) atoms. The highest BCUT2D eigenvalue weighted by Gasteiger charge is 2.46. The van der Waals surface area contributed by atoms with E-state index in [1.54, 1.807) is 49.5 Å². The van der Waals surface area contributed by atoms with E-state index >= 15 is 0 Å². The molecule has 4 rings (SSSR count). The van der Waals surface area contributed by atoms with E-state index in [0.717, 1.165) is 25.2 Å². The second-order valence-electron chi connectivity index (χ2n) is 9.33. The van der Waals surface area contributed by atoms with Crippen LogP contribution in [0.3, 0.4) is 0 Å². The van der Waals surface area contributed by atoms with Crippen LogP contribution in [0.4, 0.5) is 0 Å². The molecule has 2 saturated heterocycles. The third kappa shape index (κ3) is 5.63. The van der Waals surface area contributed by atoms with Crippen molar-refractivity contribution < 1.29 is 33.6 Å². The van der Waals surface area contributed by atoms with E-state index in [-0.39, 0.29) is 11.3 Å². The average molecular weight is 525 g/mol. The second kappa shape index (κ2) is 12.3. The van der Waals surface area contributed by atoms with Gasteiger partial charge in [-0.3, -0.25) is 14.5 Å². The first-order chi connectivity index (χ1) is 18.4. The number of methoxy groups -OCH3 is 2. The molecule has 2 aromatic carbocycles. The van der Waals surface area contributed by atoms with Gasteiger partial charge in [0.1, 0.15) is 11.5 Å². The molecule has 9 nitrogen and oxygen atoms in total. The molecule has 0 radical (unpaired) electrons. The summed E-state index contributed by atoms with van der Waals surface area (Å²) in [6.07, 6.45) is 0.680. The standard InChI is InChI=1S/C29H36N2O7/c1-5-38-23-10-7-20(18-24(23)36-4)26-25(27(32)21-8-9-22(35-3)19(2)17-21)28(33)29(34)31(26)12-6-11-30-13-15-37-16-14-30/h7-10,17-18,26,32H,5-6,11-16H2,1-4H3/t26-/m1/s1. The second-order valence-corrected chi connectivity index (χ2v) is 9.33. The highest BCUT2D eigenvalue weighted by Crippen LogP contribution is 2.42. The molecule has 0 aromatic heterocycles. The summed E-state index contributed by atoms with van der Waals surface area (Å²) in [4.78, 5) is 30.6. The van der Waals surface area contributed by atoms with Gasteiger partial charge in [-0.1, -0.05) is 6.07 Å². The topological polar surface area (TPSA) is 97.8 Å². The zero-order chi connectivity index (χ0) is 27.2. The lowest BCUT2D eigenvalue weighted by Gasteiger charge is -2.29. The summed E-state index contributed by atoms with van der Waals surface area (Å²) in [6, 6.07) is 9.74.